The van der Waals surface area contributed by atoms with E-state index in [1.165, 1.54) is 0 Å². The summed E-state index contributed by atoms with van der Waals surface area (Å²) in [6.07, 6.45) is -0.187. The van der Waals surface area contributed by atoms with E-state index in [0.29, 0.717) is 36.6 Å². The minimum atomic E-state index is -0.392. The van der Waals surface area contributed by atoms with Gasteiger partial charge in [0.25, 0.3) is 0 Å². The number of hydrogen-bond acceptors (Lipinski definition) is 6. The number of carbonyl (C=O) groups excluding carboxylic acids is 1. The number of rotatable bonds is 3. The molecule has 6 heteroatoms. The molecule has 136 valence electrons. The number of morpholine rings is 1. The summed E-state index contributed by atoms with van der Waals surface area (Å²) in [5.74, 6) is 0.758. The van der Waals surface area contributed by atoms with Crippen LogP contribution in [0.15, 0.2) is 36.4 Å². The van der Waals surface area contributed by atoms with Gasteiger partial charge in [-0.2, -0.15) is 0 Å². The number of benzene rings is 2. The third-order valence-corrected chi connectivity index (χ3v) is 4.92. The van der Waals surface area contributed by atoms with E-state index < -0.39 is 6.10 Å². The molecule has 1 atom stereocenters. The second-order valence-corrected chi connectivity index (χ2v) is 6.65. The quantitative estimate of drug-likeness (QED) is 0.881. The van der Waals surface area contributed by atoms with E-state index in [-0.39, 0.29) is 23.7 Å². The van der Waals surface area contributed by atoms with E-state index in [4.69, 9.17) is 9.47 Å². The molecule has 0 saturated carbocycles. The fourth-order valence-electron chi connectivity index (χ4n) is 3.50. The molecule has 26 heavy (non-hydrogen) atoms. The first kappa shape index (κ1) is 16.9. The minimum Gasteiger partial charge on any atom is -0.508 e. The first-order chi connectivity index (χ1) is 12.6. The first-order valence-electron chi connectivity index (χ1n) is 8.75. The lowest BCUT2D eigenvalue weighted by Gasteiger charge is -2.30. The average molecular weight is 355 g/mol. The Kier molecular flexibility index (Phi) is 4.53. The van der Waals surface area contributed by atoms with Gasteiger partial charge in [-0.25, -0.2) is 0 Å². The second-order valence-electron chi connectivity index (χ2n) is 6.65. The molecule has 2 heterocycles. The highest BCUT2D eigenvalue weighted by Crippen LogP contribution is 2.40. The number of Topliss-reactive ketones (excluding diaryl/α,β-unsaturated/α-hetero) is 1. The molecule has 2 aromatic carbocycles. The van der Waals surface area contributed by atoms with Crippen LogP contribution in [-0.2, 0) is 11.3 Å². The highest BCUT2D eigenvalue weighted by atomic mass is 16.5. The summed E-state index contributed by atoms with van der Waals surface area (Å²) < 4.78 is 11.4. The van der Waals surface area contributed by atoms with Crippen molar-refractivity contribution in [3.05, 3.63) is 53.1 Å². The van der Waals surface area contributed by atoms with Crippen LogP contribution < -0.4 is 4.74 Å². The lowest BCUT2D eigenvalue weighted by molar-refractivity contribution is 0.0336. The summed E-state index contributed by atoms with van der Waals surface area (Å²) in [4.78, 5) is 15.0. The molecule has 0 amide bonds. The predicted molar refractivity (Wildman–Crippen MR) is 94.6 cm³/mol. The van der Waals surface area contributed by atoms with Gasteiger partial charge in [-0.3, -0.25) is 9.69 Å². The summed E-state index contributed by atoms with van der Waals surface area (Å²) in [6.45, 7) is 3.35. The van der Waals surface area contributed by atoms with Gasteiger partial charge in [0, 0.05) is 25.2 Å². The molecule has 6 nitrogen and oxygen atoms in total. The van der Waals surface area contributed by atoms with Crippen molar-refractivity contribution in [1.82, 2.24) is 4.90 Å². The lowest BCUT2D eigenvalue weighted by atomic mass is 9.92. The maximum atomic E-state index is 12.9. The Labute approximate surface area is 151 Å². The summed E-state index contributed by atoms with van der Waals surface area (Å²) in [5.41, 5.74) is 1.94. The van der Waals surface area contributed by atoms with Crippen molar-refractivity contribution < 1.29 is 24.5 Å². The molecule has 0 aliphatic carbocycles. The molecular weight excluding hydrogens is 334 g/mol. The van der Waals surface area contributed by atoms with Gasteiger partial charge >= 0.3 is 0 Å². The van der Waals surface area contributed by atoms with E-state index in [0.717, 1.165) is 18.7 Å². The number of nitrogens with zero attached hydrogens (tertiary/aromatic N) is 1. The Balaban J connectivity index is 1.63. The van der Waals surface area contributed by atoms with Crippen LogP contribution in [0.3, 0.4) is 0 Å². The van der Waals surface area contributed by atoms with Crippen molar-refractivity contribution in [2.45, 2.75) is 19.1 Å². The third kappa shape index (κ3) is 3.25. The van der Waals surface area contributed by atoms with Gasteiger partial charge in [0.1, 0.15) is 23.4 Å². The number of ether oxygens (including phenoxy) is 2. The molecule has 1 fully saturated rings. The molecular formula is C20H21NO5. The molecule has 0 aromatic heterocycles. The van der Waals surface area contributed by atoms with Crippen LogP contribution >= 0.6 is 0 Å². The van der Waals surface area contributed by atoms with Crippen molar-refractivity contribution in [3.8, 4) is 17.2 Å². The number of phenolic OH excluding ortho intramolecular Hbond substituents is 2. The van der Waals surface area contributed by atoms with Crippen molar-refractivity contribution in [1.29, 1.82) is 0 Å². The predicted octanol–water partition coefficient (Wildman–Crippen LogP) is 2.64. The fourth-order valence-corrected chi connectivity index (χ4v) is 3.50. The Morgan fingerprint density at radius 3 is 2.50 bits per heavy atom. The van der Waals surface area contributed by atoms with Gasteiger partial charge in [-0.05, 0) is 29.8 Å². The first-order valence-corrected chi connectivity index (χ1v) is 8.75. The Morgan fingerprint density at radius 2 is 1.77 bits per heavy atom. The molecule has 2 N–H and O–H groups in total. The SMILES string of the molecule is O=C1CC(c2ccc(O)cc2)Oc2ccc(O)c(CN3CCOCC3)c21. The van der Waals surface area contributed by atoms with Crippen LogP contribution in [0.2, 0.25) is 0 Å². The van der Waals surface area contributed by atoms with Gasteiger partial charge in [-0.1, -0.05) is 12.1 Å². The number of phenols is 2. The Morgan fingerprint density at radius 1 is 1.04 bits per heavy atom. The highest BCUT2D eigenvalue weighted by Gasteiger charge is 2.31. The fraction of sp³-hybridized carbons (Fsp3) is 0.350. The van der Waals surface area contributed by atoms with E-state index >= 15 is 0 Å². The third-order valence-electron chi connectivity index (χ3n) is 4.92. The maximum Gasteiger partial charge on any atom is 0.171 e. The van der Waals surface area contributed by atoms with E-state index in [2.05, 4.69) is 4.90 Å². The van der Waals surface area contributed by atoms with E-state index in [1.54, 1.807) is 36.4 Å². The van der Waals surface area contributed by atoms with Crippen LogP contribution in [0.5, 0.6) is 17.2 Å². The van der Waals surface area contributed by atoms with Crippen LogP contribution in [0.1, 0.15) is 34.0 Å². The highest BCUT2D eigenvalue weighted by molar-refractivity contribution is 6.02. The van der Waals surface area contributed by atoms with Gasteiger partial charge in [0.2, 0.25) is 0 Å². The number of ketones is 1. The molecule has 4 rings (SSSR count). The molecule has 0 radical (unpaired) electrons. The zero-order valence-corrected chi connectivity index (χ0v) is 14.4. The van der Waals surface area contributed by atoms with Crippen LogP contribution in [-0.4, -0.2) is 47.2 Å². The summed E-state index contributed by atoms with van der Waals surface area (Å²) in [6, 6.07) is 9.92. The van der Waals surface area contributed by atoms with Crippen LogP contribution in [0.4, 0.5) is 0 Å². The molecule has 1 unspecified atom stereocenters. The maximum absolute atomic E-state index is 12.9. The summed E-state index contributed by atoms with van der Waals surface area (Å²) >= 11 is 0. The van der Waals surface area contributed by atoms with Crippen molar-refractivity contribution in [2.24, 2.45) is 0 Å². The van der Waals surface area contributed by atoms with Crippen LogP contribution in [0.25, 0.3) is 0 Å². The summed E-state index contributed by atoms with van der Waals surface area (Å²) in [5, 5.41) is 19.8. The monoisotopic (exact) mass is 355 g/mol. The van der Waals surface area contributed by atoms with Crippen LogP contribution in [0, 0.1) is 0 Å². The number of carbonyl (C=O) groups is 1. The molecule has 0 bridgehead atoms. The van der Waals surface area contributed by atoms with Crippen molar-refractivity contribution in [3.63, 3.8) is 0 Å². The zero-order chi connectivity index (χ0) is 18.1. The van der Waals surface area contributed by atoms with Gasteiger partial charge in [-0.15, -0.1) is 0 Å². The molecule has 0 spiro atoms. The standard InChI is InChI=1S/C20H21NO5/c22-14-3-1-13(2-4-14)19-11-17(24)20-15(12-21-7-9-25-10-8-21)16(23)5-6-18(20)26-19/h1-6,19,22-23H,7-12H2. The molecule has 2 aliphatic rings. The normalized spacial score (nSPS) is 20.5. The van der Waals surface area contributed by atoms with Gasteiger partial charge in [0.15, 0.2) is 5.78 Å². The molecule has 2 aliphatic heterocycles. The van der Waals surface area contributed by atoms with E-state index in [9.17, 15) is 15.0 Å². The smallest absolute Gasteiger partial charge is 0.171 e. The van der Waals surface area contributed by atoms with E-state index in [1.807, 2.05) is 0 Å². The number of aromatic hydroxyl groups is 2. The van der Waals surface area contributed by atoms with Crippen molar-refractivity contribution >= 4 is 5.78 Å². The lowest BCUT2D eigenvalue weighted by Crippen LogP contribution is -2.36. The Hall–Kier alpha value is -2.57. The van der Waals surface area contributed by atoms with Gasteiger partial charge in [0.05, 0.1) is 25.2 Å². The van der Waals surface area contributed by atoms with Crippen molar-refractivity contribution in [2.75, 3.05) is 26.3 Å². The largest absolute Gasteiger partial charge is 0.508 e. The summed E-state index contributed by atoms with van der Waals surface area (Å²) in [7, 11) is 0. The second kappa shape index (κ2) is 6.97. The zero-order valence-electron chi connectivity index (χ0n) is 14.4. The average Bonchev–Trinajstić information content (AvgIpc) is 2.65. The number of fused-ring (bicyclic) bond motifs is 1. The molecule has 2 aromatic rings. The molecule has 1 saturated heterocycles. The topological polar surface area (TPSA) is 79.2 Å². The minimum absolute atomic E-state index is 0.0384. The Bertz CT molecular complexity index is 812. The van der Waals surface area contributed by atoms with Gasteiger partial charge < -0.3 is 19.7 Å². The number of hydrogen-bond donors (Lipinski definition) is 2.